The van der Waals surface area contributed by atoms with Gasteiger partial charge < -0.3 is 9.88 Å². The van der Waals surface area contributed by atoms with Gasteiger partial charge in [-0.25, -0.2) is 9.97 Å². The molecule has 6 heteroatoms. The zero-order chi connectivity index (χ0) is 12.5. The Hall–Kier alpha value is -0.840. The van der Waals surface area contributed by atoms with Crippen molar-refractivity contribution >= 4 is 34.4 Å². The van der Waals surface area contributed by atoms with Crippen LogP contribution in [0.4, 0.5) is 0 Å². The molecular formula is C12H14Cl2N4. The van der Waals surface area contributed by atoms with Crippen LogP contribution in [0.25, 0.3) is 11.2 Å². The van der Waals surface area contributed by atoms with Gasteiger partial charge in [-0.1, -0.05) is 23.2 Å². The zero-order valence-corrected chi connectivity index (χ0v) is 11.4. The van der Waals surface area contributed by atoms with Gasteiger partial charge in [-0.15, -0.1) is 0 Å². The second kappa shape index (κ2) is 5.03. The van der Waals surface area contributed by atoms with Gasteiger partial charge in [0.15, 0.2) is 5.65 Å². The van der Waals surface area contributed by atoms with Crippen LogP contribution in [0, 0.1) is 0 Å². The van der Waals surface area contributed by atoms with Crippen LogP contribution in [0.1, 0.15) is 18.7 Å². The molecule has 1 aliphatic rings. The van der Waals surface area contributed by atoms with Gasteiger partial charge in [0.05, 0.1) is 10.5 Å². The summed E-state index contributed by atoms with van der Waals surface area (Å²) in [5.74, 6) is 0.947. The Morgan fingerprint density at radius 3 is 2.78 bits per heavy atom. The molecule has 2 aromatic rings. The summed E-state index contributed by atoms with van der Waals surface area (Å²) in [6.07, 6.45) is 3.53. The lowest BCUT2D eigenvalue weighted by molar-refractivity contribution is 0.341. The number of fused-ring (bicyclic) bond motifs is 1. The van der Waals surface area contributed by atoms with Crippen LogP contribution in [0.2, 0.25) is 10.2 Å². The average Bonchev–Trinajstić information content (AvgIpc) is 2.96. The quantitative estimate of drug-likeness (QED) is 0.882. The predicted molar refractivity (Wildman–Crippen MR) is 73.3 cm³/mol. The van der Waals surface area contributed by atoms with Crippen molar-refractivity contribution in [2.45, 2.75) is 19.3 Å². The van der Waals surface area contributed by atoms with Crippen LogP contribution >= 0.6 is 23.2 Å². The number of H-pyrrole nitrogens is 1. The monoisotopic (exact) mass is 284 g/mol. The van der Waals surface area contributed by atoms with E-state index in [-0.39, 0.29) is 0 Å². The second-order valence-electron chi connectivity index (χ2n) is 4.61. The fourth-order valence-electron chi connectivity index (χ4n) is 2.33. The van der Waals surface area contributed by atoms with E-state index in [1.165, 1.54) is 25.9 Å². The van der Waals surface area contributed by atoms with Crippen molar-refractivity contribution in [2.75, 3.05) is 19.6 Å². The molecule has 18 heavy (non-hydrogen) atoms. The van der Waals surface area contributed by atoms with Crippen molar-refractivity contribution in [1.82, 2.24) is 19.9 Å². The molecule has 4 nitrogen and oxygen atoms in total. The molecule has 0 bridgehead atoms. The third kappa shape index (κ3) is 2.46. The number of imidazole rings is 1. The van der Waals surface area contributed by atoms with Crippen LogP contribution < -0.4 is 0 Å². The predicted octanol–water partition coefficient (Wildman–Crippen LogP) is 2.90. The first-order valence-electron chi connectivity index (χ1n) is 6.15. The van der Waals surface area contributed by atoms with Crippen molar-refractivity contribution in [3.05, 3.63) is 22.1 Å². The summed E-state index contributed by atoms with van der Waals surface area (Å²) in [6, 6.07) is 1.78. The van der Waals surface area contributed by atoms with E-state index in [4.69, 9.17) is 23.2 Å². The summed E-state index contributed by atoms with van der Waals surface area (Å²) in [5.41, 5.74) is 1.49. The molecule has 0 atom stereocenters. The molecule has 0 saturated carbocycles. The van der Waals surface area contributed by atoms with E-state index in [0.29, 0.717) is 15.8 Å². The normalized spacial score (nSPS) is 16.8. The minimum absolute atomic E-state index is 0.307. The van der Waals surface area contributed by atoms with Gasteiger partial charge in [-0.05, 0) is 32.0 Å². The molecule has 3 heterocycles. The topological polar surface area (TPSA) is 44.8 Å². The first-order valence-corrected chi connectivity index (χ1v) is 6.91. The zero-order valence-electron chi connectivity index (χ0n) is 9.92. The van der Waals surface area contributed by atoms with Crippen LogP contribution in [0.15, 0.2) is 6.07 Å². The highest BCUT2D eigenvalue weighted by Gasteiger charge is 2.13. The fraction of sp³-hybridized carbons (Fsp3) is 0.500. The number of likely N-dealkylation sites (tertiary alicyclic amines) is 1. The molecule has 0 radical (unpaired) electrons. The van der Waals surface area contributed by atoms with E-state index in [9.17, 15) is 0 Å². The van der Waals surface area contributed by atoms with E-state index >= 15 is 0 Å². The first kappa shape index (κ1) is 12.2. The number of hydrogen-bond acceptors (Lipinski definition) is 3. The van der Waals surface area contributed by atoms with Crippen LogP contribution in [0.5, 0.6) is 0 Å². The lowest BCUT2D eigenvalue weighted by Crippen LogP contribution is -2.22. The van der Waals surface area contributed by atoms with Gasteiger partial charge >= 0.3 is 0 Å². The van der Waals surface area contributed by atoms with Crippen molar-refractivity contribution in [1.29, 1.82) is 0 Å². The molecule has 1 fully saturated rings. The minimum atomic E-state index is 0.307. The molecule has 0 aliphatic carbocycles. The maximum absolute atomic E-state index is 5.93. The maximum Gasteiger partial charge on any atom is 0.179 e. The van der Waals surface area contributed by atoms with Crippen molar-refractivity contribution in [2.24, 2.45) is 0 Å². The highest BCUT2D eigenvalue weighted by Crippen LogP contribution is 2.23. The lowest BCUT2D eigenvalue weighted by atomic mass is 10.4. The second-order valence-corrected chi connectivity index (χ2v) is 5.38. The van der Waals surface area contributed by atoms with Gasteiger partial charge in [0, 0.05) is 13.0 Å². The van der Waals surface area contributed by atoms with E-state index in [1.807, 2.05) is 0 Å². The fourth-order valence-corrected chi connectivity index (χ4v) is 2.62. The van der Waals surface area contributed by atoms with Crippen molar-refractivity contribution < 1.29 is 0 Å². The SMILES string of the molecule is Clc1cc2[nH]c(CCN3CCCC3)nc2nc1Cl. The van der Waals surface area contributed by atoms with E-state index in [1.54, 1.807) is 6.07 Å². The van der Waals surface area contributed by atoms with Crippen LogP contribution in [0.3, 0.4) is 0 Å². The van der Waals surface area contributed by atoms with Gasteiger partial charge in [-0.3, -0.25) is 0 Å². The summed E-state index contributed by atoms with van der Waals surface area (Å²) in [6.45, 7) is 3.45. The highest BCUT2D eigenvalue weighted by atomic mass is 35.5. The summed E-state index contributed by atoms with van der Waals surface area (Å²) in [5, 5.41) is 0.765. The lowest BCUT2D eigenvalue weighted by Gasteiger charge is -2.12. The Bertz CT molecular complexity index is 521. The Morgan fingerprint density at radius 2 is 2.00 bits per heavy atom. The van der Waals surface area contributed by atoms with Gasteiger partial charge in [0.1, 0.15) is 11.0 Å². The van der Waals surface area contributed by atoms with Crippen molar-refractivity contribution in [3.8, 4) is 0 Å². The number of rotatable bonds is 3. The third-order valence-electron chi connectivity index (χ3n) is 3.30. The van der Waals surface area contributed by atoms with Gasteiger partial charge in [-0.2, -0.15) is 0 Å². The third-order valence-corrected chi connectivity index (χ3v) is 3.97. The molecule has 96 valence electrons. The van der Waals surface area contributed by atoms with E-state index < -0.39 is 0 Å². The number of nitrogens with one attached hydrogen (secondary N) is 1. The molecule has 3 rings (SSSR count). The van der Waals surface area contributed by atoms with Crippen molar-refractivity contribution in [3.63, 3.8) is 0 Å². The summed E-state index contributed by atoms with van der Waals surface area (Å²) in [4.78, 5) is 14.3. The molecule has 1 aliphatic heterocycles. The Kier molecular flexibility index (Phi) is 3.41. The van der Waals surface area contributed by atoms with E-state index in [0.717, 1.165) is 24.3 Å². The van der Waals surface area contributed by atoms with Gasteiger partial charge in [0.2, 0.25) is 0 Å². The number of hydrogen-bond donors (Lipinski definition) is 1. The number of pyridine rings is 1. The number of aromatic amines is 1. The minimum Gasteiger partial charge on any atom is -0.341 e. The van der Waals surface area contributed by atoms with Crippen LogP contribution in [-0.2, 0) is 6.42 Å². The Morgan fingerprint density at radius 1 is 1.22 bits per heavy atom. The Balaban J connectivity index is 1.76. The molecule has 1 N–H and O–H groups in total. The van der Waals surface area contributed by atoms with E-state index in [2.05, 4.69) is 19.9 Å². The summed E-state index contributed by atoms with van der Waals surface area (Å²) < 4.78 is 0. The van der Waals surface area contributed by atoms with Crippen LogP contribution in [-0.4, -0.2) is 39.5 Å². The number of nitrogens with zero attached hydrogens (tertiary/aromatic N) is 3. The molecular weight excluding hydrogens is 271 g/mol. The van der Waals surface area contributed by atoms with Gasteiger partial charge in [0.25, 0.3) is 0 Å². The summed E-state index contributed by atoms with van der Waals surface area (Å²) >= 11 is 11.8. The molecule has 1 saturated heterocycles. The molecule has 0 spiro atoms. The first-order chi connectivity index (χ1) is 8.72. The molecule has 0 aromatic carbocycles. The number of halogens is 2. The summed E-state index contributed by atoms with van der Waals surface area (Å²) in [7, 11) is 0. The molecule has 0 unspecified atom stereocenters. The highest BCUT2D eigenvalue weighted by molar-refractivity contribution is 6.41. The largest absolute Gasteiger partial charge is 0.341 e. The smallest absolute Gasteiger partial charge is 0.179 e. The number of aromatic nitrogens is 3. The maximum atomic E-state index is 5.93. The molecule has 2 aromatic heterocycles. The standard InChI is InChI=1S/C12H14Cl2N4/c13-8-7-9-12(17-11(8)14)16-10(15-9)3-6-18-4-1-2-5-18/h7H,1-6H2,(H,15,16,17). The molecule has 0 amide bonds. The Labute approximate surface area is 115 Å². The average molecular weight is 285 g/mol.